The average molecular weight is 796 g/mol. The fourth-order valence-corrected chi connectivity index (χ4v) is 11.2. The molecular formula is C46H30B2Br2O2. The second-order valence-corrected chi connectivity index (χ2v) is 17.6. The molecule has 8 aromatic rings. The number of fused-ring (bicyclic) bond motifs is 8. The molecule has 4 aliphatic heterocycles. The number of para-hydroxylation sites is 2. The smallest absolute Gasteiger partial charge is 0.252 e. The van der Waals surface area contributed by atoms with Crippen molar-refractivity contribution in [2.24, 2.45) is 0 Å². The van der Waals surface area contributed by atoms with Gasteiger partial charge in [-0.3, -0.25) is 0 Å². The molecule has 52 heavy (non-hydrogen) atoms. The van der Waals surface area contributed by atoms with Crippen molar-refractivity contribution in [3.05, 3.63) is 117 Å². The van der Waals surface area contributed by atoms with E-state index in [-0.39, 0.29) is 13.4 Å². The predicted molar refractivity (Wildman–Crippen MR) is 227 cm³/mol. The molecule has 0 saturated heterocycles. The molecule has 8 aromatic carbocycles. The Hall–Kier alpha value is -4.51. The summed E-state index contributed by atoms with van der Waals surface area (Å²) in [6.45, 7) is 9.55. The Balaban J connectivity index is 1.34. The lowest BCUT2D eigenvalue weighted by molar-refractivity contribution is 0.487. The fourth-order valence-electron chi connectivity index (χ4n) is 10.4. The van der Waals surface area contributed by atoms with Crippen LogP contribution >= 0.6 is 31.9 Å². The van der Waals surface area contributed by atoms with Gasteiger partial charge in [0.05, 0.1) is 0 Å². The Morgan fingerprint density at radius 3 is 1.29 bits per heavy atom. The van der Waals surface area contributed by atoms with E-state index in [0.29, 0.717) is 11.8 Å². The molecule has 4 aliphatic rings. The summed E-state index contributed by atoms with van der Waals surface area (Å²) in [7, 11) is 0. The molecule has 2 nitrogen and oxygen atoms in total. The number of rotatable bonds is 2. The minimum absolute atomic E-state index is 0.0701. The van der Waals surface area contributed by atoms with E-state index >= 15 is 0 Å². The third kappa shape index (κ3) is 3.63. The van der Waals surface area contributed by atoms with Crippen molar-refractivity contribution >= 4 is 110 Å². The standard InChI is InChI=1S/C46H30B2Br2O2/c1-21(2)25-17-27-31-13-23(49)15-39-45(31)48(34-10-6-8-12-38(34)51-39)36-20-30-26(22(3)4)18-28-32-14-24(50)16-40-46(32)47(33-9-5-7-11-37(33)52-40)35-19-29(25)43(41(27)36)44(30)42(28)35/h5-22H,1-4H3. The van der Waals surface area contributed by atoms with E-state index < -0.39 is 0 Å². The molecule has 0 bridgehead atoms. The first kappa shape index (κ1) is 30.0. The number of hydrogen-bond acceptors (Lipinski definition) is 2. The van der Waals surface area contributed by atoms with Gasteiger partial charge >= 0.3 is 0 Å². The molecule has 246 valence electrons. The molecule has 0 aromatic heterocycles. The van der Waals surface area contributed by atoms with Crippen LogP contribution in [0.5, 0.6) is 23.0 Å². The zero-order chi connectivity index (χ0) is 34.9. The maximum absolute atomic E-state index is 6.71. The molecule has 0 saturated carbocycles. The topological polar surface area (TPSA) is 18.5 Å². The van der Waals surface area contributed by atoms with E-state index in [1.54, 1.807) is 0 Å². The van der Waals surface area contributed by atoms with E-state index in [1.807, 2.05) is 0 Å². The average Bonchev–Trinajstić information content (AvgIpc) is 3.13. The highest BCUT2D eigenvalue weighted by molar-refractivity contribution is 9.10. The Kier molecular flexibility index (Phi) is 5.84. The van der Waals surface area contributed by atoms with E-state index in [9.17, 15) is 0 Å². The van der Waals surface area contributed by atoms with E-state index in [0.717, 1.165) is 31.9 Å². The quantitative estimate of drug-likeness (QED) is 0.128. The normalized spacial score (nSPS) is 14.2. The first-order valence-electron chi connectivity index (χ1n) is 18.3. The van der Waals surface area contributed by atoms with Gasteiger partial charge in [0.25, 0.3) is 13.4 Å². The van der Waals surface area contributed by atoms with Gasteiger partial charge in [0.15, 0.2) is 0 Å². The molecule has 0 spiro atoms. The second kappa shape index (κ2) is 10.1. The van der Waals surface area contributed by atoms with Gasteiger partial charge in [0.2, 0.25) is 0 Å². The lowest BCUT2D eigenvalue weighted by Crippen LogP contribution is -2.58. The minimum Gasteiger partial charge on any atom is -0.458 e. The number of ether oxygens (including phenoxy) is 2. The van der Waals surface area contributed by atoms with Crippen molar-refractivity contribution in [1.82, 2.24) is 0 Å². The molecular weight excluding hydrogens is 766 g/mol. The first-order chi connectivity index (χ1) is 25.3. The fraction of sp³-hybridized carbons (Fsp3) is 0.130. The van der Waals surface area contributed by atoms with Crippen LogP contribution in [0, 0.1) is 0 Å². The number of halogens is 2. The molecule has 0 amide bonds. The van der Waals surface area contributed by atoms with Crippen LogP contribution in [-0.2, 0) is 0 Å². The van der Waals surface area contributed by atoms with Gasteiger partial charge in [-0.25, -0.2) is 0 Å². The third-order valence-electron chi connectivity index (χ3n) is 12.4. The Morgan fingerprint density at radius 1 is 0.442 bits per heavy atom. The van der Waals surface area contributed by atoms with Crippen LogP contribution < -0.4 is 42.3 Å². The molecule has 0 aliphatic carbocycles. The van der Waals surface area contributed by atoms with Crippen LogP contribution in [0.2, 0.25) is 0 Å². The van der Waals surface area contributed by atoms with Crippen molar-refractivity contribution in [1.29, 1.82) is 0 Å². The third-order valence-corrected chi connectivity index (χ3v) is 13.3. The van der Waals surface area contributed by atoms with Crippen molar-refractivity contribution < 1.29 is 9.47 Å². The van der Waals surface area contributed by atoms with Crippen LogP contribution in [0.1, 0.15) is 50.7 Å². The number of hydrogen-bond donors (Lipinski definition) is 0. The van der Waals surface area contributed by atoms with Crippen molar-refractivity contribution in [2.75, 3.05) is 0 Å². The maximum atomic E-state index is 6.71. The van der Waals surface area contributed by atoms with Crippen LogP contribution in [-0.4, -0.2) is 13.4 Å². The van der Waals surface area contributed by atoms with E-state index in [4.69, 9.17) is 9.47 Å². The van der Waals surface area contributed by atoms with E-state index in [2.05, 4.69) is 157 Å². The molecule has 0 radical (unpaired) electrons. The summed E-state index contributed by atoms with van der Waals surface area (Å²) in [4.78, 5) is 0. The summed E-state index contributed by atoms with van der Waals surface area (Å²) in [6.07, 6.45) is 0. The molecule has 0 fully saturated rings. The SMILES string of the molecule is CC(C)c1cc2c3c(cc4c(C(C)C)cc5c6c(cc1c3c46)B1c3ccccc3Oc3cc(Br)cc-5c31)B1c3ccccc3Oc3cc(Br)cc-2c31. The lowest BCUT2D eigenvalue weighted by atomic mass is 9.32. The second-order valence-electron chi connectivity index (χ2n) is 15.7. The molecule has 0 N–H and O–H groups in total. The minimum atomic E-state index is 0.0701. The predicted octanol–water partition coefficient (Wildman–Crippen LogP) is 9.56. The maximum Gasteiger partial charge on any atom is 0.252 e. The van der Waals surface area contributed by atoms with Gasteiger partial charge in [-0.1, -0.05) is 119 Å². The molecule has 12 rings (SSSR count). The van der Waals surface area contributed by atoms with Crippen LogP contribution in [0.15, 0.2) is 106 Å². The van der Waals surface area contributed by atoms with Gasteiger partial charge < -0.3 is 9.47 Å². The largest absolute Gasteiger partial charge is 0.458 e. The Bertz CT molecular complexity index is 2760. The zero-order valence-corrected chi connectivity index (χ0v) is 32.3. The summed E-state index contributed by atoms with van der Waals surface area (Å²) in [5.41, 5.74) is 15.8. The molecule has 6 heteroatoms. The van der Waals surface area contributed by atoms with Crippen molar-refractivity contribution in [3.8, 4) is 45.3 Å². The summed E-state index contributed by atoms with van der Waals surface area (Å²) in [5.74, 6) is 4.42. The van der Waals surface area contributed by atoms with Gasteiger partial charge in [-0.05, 0) is 148 Å². The van der Waals surface area contributed by atoms with Gasteiger partial charge in [-0.2, -0.15) is 0 Å². The van der Waals surface area contributed by atoms with Crippen molar-refractivity contribution in [3.63, 3.8) is 0 Å². The van der Waals surface area contributed by atoms with Crippen molar-refractivity contribution in [2.45, 2.75) is 39.5 Å². The Morgan fingerprint density at radius 2 is 0.865 bits per heavy atom. The van der Waals surface area contributed by atoms with Gasteiger partial charge in [0.1, 0.15) is 23.0 Å². The van der Waals surface area contributed by atoms with Crippen LogP contribution in [0.3, 0.4) is 0 Å². The first-order valence-corrected chi connectivity index (χ1v) is 19.9. The zero-order valence-electron chi connectivity index (χ0n) is 29.1. The highest BCUT2D eigenvalue weighted by Gasteiger charge is 2.44. The van der Waals surface area contributed by atoms with Crippen LogP contribution in [0.25, 0.3) is 54.6 Å². The van der Waals surface area contributed by atoms with Gasteiger partial charge in [0, 0.05) is 8.95 Å². The molecule has 4 heterocycles. The molecule has 0 unspecified atom stereocenters. The monoisotopic (exact) mass is 794 g/mol. The number of benzene rings is 8. The van der Waals surface area contributed by atoms with Crippen LogP contribution in [0.4, 0.5) is 0 Å². The lowest BCUT2D eigenvalue weighted by Gasteiger charge is -2.38. The summed E-state index contributed by atoms with van der Waals surface area (Å²) < 4.78 is 15.5. The summed E-state index contributed by atoms with van der Waals surface area (Å²) in [6, 6.07) is 36.5. The molecule has 0 atom stereocenters. The van der Waals surface area contributed by atoms with E-state index in [1.165, 1.54) is 98.5 Å². The summed E-state index contributed by atoms with van der Waals surface area (Å²) in [5, 5.41) is 8.34. The Labute approximate surface area is 319 Å². The highest BCUT2D eigenvalue weighted by Crippen LogP contribution is 2.50. The summed E-state index contributed by atoms with van der Waals surface area (Å²) >= 11 is 7.79. The van der Waals surface area contributed by atoms with Gasteiger partial charge in [-0.15, -0.1) is 0 Å². The highest BCUT2D eigenvalue weighted by atomic mass is 79.9.